The maximum absolute atomic E-state index is 6.27. The molecule has 104 valence electrons. The first kappa shape index (κ1) is 12.9. The van der Waals surface area contributed by atoms with Crippen LogP contribution in [-0.4, -0.2) is 43.4 Å². The van der Waals surface area contributed by atoms with Crippen LogP contribution in [-0.2, 0) is 4.74 Å². The monoisotopic (exact) mass is 261 g/mol. The van der Waals surface area contributed by atoms with E-state index in [2.05, 4.69) is 27.3 Å². The highest BCUT2D eigenvalue weighted by atomic mass is 16.5. The minimum absolute atomic E-state index is 0.374. The zero-order valence-electron chi connectivity index (χ0n) is 11.4. The maximum Gasteiger partial charge on any atom is 0.128 e. The zero-order valence-corrected chi connectivity index (χ0v) is 11.4. The number of rotatable bonds is 3. The molecule has 19 heavy (non-hydrogen) atoms. The largest absolute Gasteiger partial charge is 0.373 e. The summed E-state index contributed by atoms with van der Waals surface area (Å²) < 4.78 is 6.27. The third-order valence-electron chi connectivity index (χ3n) is 4.02. The van der Waals surface area contributed by atoms with E-state index in [9.17, 15) is 0 Å². The van der Waals surface area contributed by atoms with Gasteiger partial charge in [0.15, 0.2) is 0 Å². The summed E-state index contributed by atoms with van der Waals surface area (Å²) in [5.74, 6) is 1.08. The molecule has 0 aromatic carbocycles. The van der Waals surface area contributed by atoms with E-state index in [0.29, 0.717) is 12.2 Å². The number of anilines is 1. The van der Waals surface area contributed by atoms with Gasteiger partial charge in [0.2, 0.25) is 0 Å². The predicted molar refractivity (Wildman–Crippen MR) is 76.4 cm³/mol. The van der Waals surface area contributed by atoms with Gasteiger partial charge in [-0.3, -0.25) is 0 Å². The molecule has 1 aromatic rings. The van der Waals surface area contributed by atoms with E-state index in [-0.39, 0.29) is 0 Å². The lowest BCUT2D eigenvalue weighted by atomic mass is 10.1. The molecule has 2 fully saturated rings. The first-order chi connectivity index (χ1) is 9.42. The van der Waals surface area contributed by atoms with Crippen molar-refractivity contribution in [3.8, 4) is 0 Å². The number of pyridine rings is 1. The smallest absolute Gasteiger partial charge is 0.128 e. The Hall–Kier alpha value is -1.13. The van der Waals surface area contributed by atoms with Gasteiger partial charge >= 0.3 is 0 Å². The Balaban J connectivity index is 1.55. The summed E-state index contributed by atoms with van der Waals surface area (Å²) in [6.45, 7) is 4.28. The third-order valence-corrected chi connectivity index (χ3v) is 4.02. The van der Waals surface area contributed by atoms with Gasteiger partial charge < -0.3 is 15.0 Å². The zero-order chi connectivity index (χ0) is 12.9. The summed E-state index contributed by atoms with van der Waals surface area (Å²) in [6, 6.07) is 6.11. The molecule has 0 spiro atoms. The lowest BCUT2D eigenvalue weighted by molar-refractivity contribution is -0.0314. The van der Waals surface area contributed by atoms with Crippen LogP contribution in [0.5, 0.6) is 0 Å². The minimum atomic E-state index is 0.374. The molecule has 1 aromatic heterocycles. The lowest BCUT2D eigenvalue weighted by Gasteiger charge is -2.36. The number of piperidine rings is 2. The number of nitrogens with one attached hydrogen (secondary N) is 1. The van der Waals surface area contributed by atoms with Crippen LogP contribution in [0.15, 0.2) is 24.4 Å². The molecular weight excluding hydrogens is 238 g/mol. The molecule has 4 nitrogen and oxygen atoms in total. The summed E-state index contributed by atoms with van der Waals surface area (Å²) >= 11 is 0. The first-order valence-electron chi connectivity index (χ1n) is 7.44. The fourth-order valence-electron chi connectivity index (χ4n) is 3.00. The van der Waals surface area contributed by atoms with Crippen molar-refractivity contribution < 1.29 is 4.74 Å². The van der Waals surface area contributed by atoms with Crippen LogP contribution in [0.2, 0.25) is 0 Å². The van der Waals surface area contributed by atoms with Crippen LogP contribution in [0, 0.1) is 0 Å². The van der Waals surface area contributed by atoms with Crippen molar-refractivity contribution in [1.82, 2.24) is 10.3 Å². The van der Waals surface area contributed by atoms with E-state index < -0.39 is 0 Å². The Kier molecular flexibility index (Phi) is 4.30. The number of hydrogen-bond acceptors (Lipinski definition) is 4. The summed E-state index contributed by atoms with van der Waals surface area (Å²) in [5, 5.41) is 3.39. The molecule has 2 aliphatic rings. The van der Waals surface area contributed by atoms with Gasteiger partial charge in [0.05, 0.1) is 12.2 Å². The molecule has 1 N–H and O–H groups in total. The highest BCUT2D eigenvalue weighted by molar-refractivity contribution is 5.38. The Morgan fingerprint density at radius 3 is 2.84 bits per heavy atom. The molecule has 0 amide bonds. The van der Waals surface area contributed by atoms with Crippen LogP contribution < -0.4 is 10.2 Å². The molecule has 2 saturated heterocycles. The van der Waals surface area contributed by atoms with Gasteiger partial charge in [-0.1, -0.05) is 6.07 Å². The minimum Gasteiger partial charge on any atom is -0.373 e. The molecule has 0 bridgehead atoms. The van der Waals surface area contributed by atoms with Crippen LogP contribution >= 0.6 is 0 Å². The Labute approximate surface area is 115 Å². The quantitative estimate of drug-likeness (QED) is 0.900. The van der Waals surface area contributed by atoms with Crippen molar-refractivity contribution in [3.63, 3.8) is 0 Å². The highest BCUT2D eigenvalue weighted by Gasteiger charge is 2.24. The number of hydrogen-bond donors (Lipinski definition) is 1. The van der Waals surface area contributed by atoms with E-state index in [1.807, 2.05) is 12.3 Å². The van der Waals surface area contributed by atoms with E-state index >= 15 is 0 Å². The fourth-order valence-corrected chi connectivity index (χ4v) is 3.00. The van der Waals surface area contributed by atoms with Gasteiger partial charge in [0.1, 0.15) is 5.82 Å². The van der Waals surface area contributed by atoms with Crippen molar-refractivity contribution in [2.45, 2.75) is 37.9 Å². The van der Waals surface area contributed by atoms with Gasteiger partial charge in [-0.2, -0.15) is 0 Å². The number of ether oxygens (including phenoxy) is 1. The van der Waals surface area contributed by atoms with Gasteiger partial charge in [0, 0.05) is 19.3 Å². The van der Waals surface area contributed by atoms with Crippen LogP contribution in [0.1, 0.15) is 25.7 Å². The molecule has 1 unspecified atom stereocenters. The molecule has 3 rings (SSSR count). The van der Waals surface area contributed by atoms with Gasteiger partial charge in [-0.05, 0) is 50.9 Å². The summed E-state index contributed by atoms with van der Waals surface area (Å²) in [5.41, 5.74) is 0. The molecule has 0 radical (unpaired) electrons. The van der Waals surface area contributed by atoms with E-state index in [4.69, 9.17) is 4.74 Å². The highest BCUT2D eigenvalue weighted by Crippen LogP contribution is 2.21. The van der Waals surface area contributed by atoms with E-state index in [0.717, 1.165) is 44.8 Å². The average Bonchev–Trinajstić information content (AvgIpc) is 2.49. The Morgan fingerprint density at radius 1 is 1.16 bits per heavy atom. The van der Waals surface area contributed by atoms with Crippen LogP contribution in [0.25, 0.3) is 0 Å². The molecule has 0 aliphatic carbocycles. The van der Waals surface area contributed by atoms with Gasteiger partial charge in [-0.25, -0.2) is 4.98 Å². The second-order valence-electron chi connectivity index (χ2n) is 5.48. The fraction of sp³-hybridized carbons (Fsp3) is 0.667. The summed E-state index contributed by atoms with van der Waals surface area (Å²) in [6.07, 6.45) is 7.39. The predicted octanol–water partition coefficient (Wildman–Crippen LogP) is 1.82. The molecular formula is C15H23N3O. The summed E-state index contributed by atoms with van der Waals surface area (Å²) in [4.78, 5) is 6.80. The average molecular weight is 261 g/mol. The normalized spacial score (nSPS) is 25.5. The topological polar surface area (TPSA) is 37.4 Å². The van der Waals surface area contributed by atoms with Crippen LogP contribution in [0.3, 0.4) is 0 Å². The Bertz CT molecular complexity index is 378. The number of nitrogens with zero attached hydrogens (tertiary/aromatic N) is 2. The Morgan fingerprint density at radius 2 is 2.05 bits per heavy atom. The SMILES string of the molecule is c1ccc(N2CCCC(OC3CCNCC3)C2)nc1. The van der Waals surface area contributed by atoms with E-state index in [1.165, 1.54) is 12.8 Å². The molecule has 0 saturated carbocycles. The van der Waals surface area contributed by atoms with E-state index in [1.54, 1.807) is 0 Å². The van der Waals surface area contributed by atoms with Crippen molar-refractivity contribution in [2.75, 3.05) is 31.1 Å². The summed E-state index contributed by atoms with van der Waals surface area (Å²) in [7, 11) is 0. The second kappa shape index (κ2) is 6.35. The molecule has 3 heterocycles. The number of aromatic nitrogens is 1. The molecule has 4 heteroatoms. The van der Waals surface area contributed by atoms with Crippen LogP contribution in [0.4, 0.5) is 5.82 Å². The molecule has 2 aliphatic heterocycles. The van der Waals surface area contributed by atoms with Gasteiger partial charge in [0.25, 0.3) is 0 Å². The second-order valence-corrected chi connectivity index (χ2v) is 5.48. The lowest BCUT2D eigenvalue weighted by Crippen LogP contribution is -2.43. The van der Waals surface area contributed by atoms with Gasteiger partial charge in [-0.15, -0.1) is 0 Å². The van der Waals surface area contributed by atoms with Crippen molar-refractivity contribution in [3.05, 3.63) is 24.4 Å². The third kappa shape index (κ3) is 3.45. The van der Waals surface area contributed by atoms with Crippen molar-refractivity contribution >= 4 is 5.82 Å². The first-order valence-corrected chi connectivity index (χ1v) is 7.44. The maximum atomic E-state index is 6.27. The standard InChI is InChI=1S/C15H23N3O/c1-2-8-17-15(5-1)18-11-3-4-14(12-18)19-13-6-9-16-10-7-13/h1-2,5,8,13-14,16H,3-4,6-7,9-12H2. The molecule has 1 atom stereocenters. The van der Waals surface area contributed by atoms with Crippen molar-refractivity contribution in [1.29, 1.82) is 0 Å². The van der Waals surface area contributed by atoms with Crippen molar-refractivity contribution in [2.24, 2.45) is 0 Å².